The minimum absolute atomic E-state index is 0.0576. The van der Waals surface area contributed by atoms with E-state index in [1.54, 1.807) is 24.3 Å². The fraction of sp³-hybridized carbons (Fsp3) is 0.250. The summed E-state index contributed by atoms with van der Waals surface area (Å²) in [7, 11) is 1.27. The summed E-state index contributed by atoms with van der Waals surface area (Å²) < 4.78 is 5.14. The smallest absolute Gasteiger partial charge is 0.358 e. The maximum absolute atomic E-state index is 11.1. The van der Waals surface area contributed by atoms with Gasteiger partial charge in [-0.3, -0.25) is 0 Å². The number of hydrogen-bond acceptors (Lipinski definition) is 6. The fourth-order valence-corrected chi connectivity index (χ4v) is 1.38. The predicted octanol–water partition coefficient (Wildman–Crippen LogP) is 1.45. The lowest BCUT2D eigenvalue weighted by Crippen LogP contribution is -2.17. The molecule has 1 rings (SSSR count). The van der Waals surface area contributed by atoms with Gasteiger partial charge in [-0.15, -0.1) is 0 Å². The van der Waals surface area contributed by atoms with Crippen molar-refractivity contribution in [1.82, 2.24) is 0 Å². The average Bonchev–Trinajstić information content (AvgIpc) is 2.42. The van der Waals surface area contributed by atoms with Crippen molar-refractivity contribution in [3.63, 3.8) is 0 Å². The van der Waals surface area contributed by atoms with Crippen LogP contribution >= 0.6 is 0 Å². The molecule has 1 aromatic rings. The van der Waals surface area contributed by atoms with Gasteiger partial charge >= 0.3 is 5.97 Å². The molecule has 0 aliphatic rings. The highest BCUT2D eigenvalue weighted by Gasteiger charge is 2.17. The third-order valence-corrected chi connectivity index (χ3v) is 2.24. The molecule has 0 spiro atoms. The maximum atomic E-state index is 11.1. The van der Waals surface area contributed by atoms with Gasteiger partial charge in [-0.1, -0.05) is 34.6 Å². The molecule has 1 aromatic carbocycles. The number of rotatable bonds is 5. The van der Waals surface area contributed by atoms with Crippen molar-refractivity contribution in [2.24, 2.45) is 10.3 Å². The Kier molecular flexibility index (Phi) is 5.34. The van der Waals surface area contributed by atoms with Gasteiger partial charge in [0.1, 0.15) is 13.7 Å². The summed E-state index contributed by atoms with van der Waals surface area (Å²) in [6, 6.07) is 6.70. The molecule has 0 heterocycles. The van der Waals surface area contributed by atoms with Crippen LogP contribution in [0.15, 0.2) is 34.6 Å². The van der Waals surface area contributed by atoms with Crippen molar-refractivity contribution in [3.8, 4) is 0 Å². The number of benzene rings is 1. The van der Waals surface area contributed by atoms with Gasteiger partial charge in [-0.05, 0) is 5.56 Å². The van der Waals surface area contributed by atoms with Gasteiger partial charge in [0.2, 0.25) is 5.90 Å². The Labute approximate surface area is 109 Å². The summed E-state index contributed by atoms with van der Waals surface area (Å²) in [5, 5.41) is 23.9. The monoisotopic (exact) mass is 266 g/mol. The Hall–Kier alpha value is -2.57. The van der Waals surface area contributed by atoms with Crippen molar-refractivity contribution < 1.29 is 24.7 Å². The first-order chi connectivity index (χ1) is 9.10. The minimum Gasteiger partial charge on any atom is -0.476 e. The molecule has 0 aliphatic carbocycles. The summed E-state index contributed by atoms with van der Waals surface area (Å²) in [6.45, 7) is 1.53. The SMILES string of the molecule is CO/N=C(/C(=O)O)c1ccccc1CO/C(C)=N/O. The lowest BCUT2D eigenvalue weighted by molar-refractivity contribution is -0.129. The number of carbonyl (C=O) groups is 1. The molecule has 0 aromatic heterocycles. The zero-order valence-corrected chi connectivity index (χ0v) is 10.5. The average molecular weight is 266 g/mol. The molecule has 7 heteroatoms. The van der Waals surface area contributed by atoms with Gasteiger partial charge in [0.25, 0.3) is 0 Å². The number of oxime groups is 2. The first-order valence-corrected chi connectivity index (χ1v) is 5.34. The van der Waals surface area contributed by atoms with Crippen LogP contribution in [0.4, 0.5) is 0 Å². The lowest BCUT2D eigenvalue weighted by Gasteiger charge is -2.09. The van der Waals surface area contributed by atoms with E-state index in [0.717, 1.165) is 0 Å². The van der Waals surface area contributed by atoms with Gasteiger partial charge in [0.15, 0.2) is 5.71 Å². The van der Waals surface area contributed by atoms with Crippen LogP contribution in [0.2, 0.25) is 0 Å². The molecule has 0 saturated heterocycles. The fourth-order valence-electron chi connectivity index (χ4n) is 1.38. The van der Waals surface area contributed by atoms with Crippen molar-refractivity contribution in [2.75, 3.05) is 7.11 Å². The standard InChI is InChI=1S/C12H14N2O5/c1-8(13-17)19-7-9-5-3-4-6-10(9)11(12(15)16)14-18-2/h3-6,17H,7H2,1-2H3,(H,15,16)/b13-8+,14-11+. The molecule has 0 unspecified atom stereocenters. The van der Waals surface area contributed by atoms with Gasteiger partial charge in [-0.2, -0.15) is 0 Å². The Morgan fingerprint density at radius 1 is 1.37 bits per heavy atom. The van der Waals surface area contributed by atoms with E-state index in [9.17, 15) is 4.79 Å². The molecular formula is C12H14N2O5. The highest BCUT2D eigenvalue weighted by molar-refractivity contribution is 6.42. The van der Waals surface area contributed by atoms with Gasteiger partial charge in [0.05, 0.1) is 0 Å². The van der Waals surface area contributed by atoms with Gasteiger partial charge < -0.3 is 19.9 Å². The minimum atomic E-state index is -1.21. The third kappa shape index (κ3) is 3.98. The summed E-state index contributed by atoms with van der Waals surface area (Å²) in [5.74, 6) is -1.13. The maximum Gasteiger partial charge on any atom is 0.358 e. The van der Waals surface area contributed by atoms with Gasteiger partial charge in [-0.25, -0.2) is 4.79 Å². The zero-order valence-electron chi connectivity index (χ0n) is 10.5. The van der Waals surface area contributed by atoms with Crippen LogP contribution in [0.1, 0.15) is 18.1 Å². The molecule has 0 atom stereocenters. The molecular weight excluding hydrogens is 252 g/mol. The highest BCUT2D eigenvalue weighted by Crippen LogP contribution is 2.12. The molecule has 19 heavy (non-hydrogen) atoms. The highest BCUT2D eigenvalue weighted by atomic mass is 16.6. The van der Waals surface area contributed by atoms with Crippen molar-refractivity contribution in [3.05, 3.63) is 35.4 Å². The van der Waals surface area contributed by atoms with Crippen LogP contribution in [-0.2, 0) is 21.0 Å². The first-order valence-electron chi connectivity index (χ1n) is 5.34. The molecule has 0 radical (unpaired) electrons. The molecule has 0 fully saturated rings. The largest absolute Gasteiger partial charge is 0.476 e. The topological polar surface area (TPSA) is 101 Å². The quantitative estimate of drug-likeness (QED) is 0.363. The van der Waals surface area contributed by atoms with Crippen LogP contribution in [0, 0.1) is 0 Å². The summed E-state index contributed by atoms with van der Waals surface area (Å²) in [4.78, 5) is 15.6. The lowest BCUT2D eigenvalue weighted by atomic mass is 10.0. The number of aliphatic carboxylic acids is 1. The number of carboxylic acid groups (broad SMARTS) is 1. The normalized spacial score (nSPS) is 12.1. The number of nitrogens with zero attached hydrogens (tertiary/aromatic N) is 2. The summed E-state index contributed by atoms with van der Waals surface area (Å²) in [5.41, 5.74) is 0.742. The molecule has 102 valence electrons. The zero-order chi connectivity index (χ0) is 14.3. The van der Waals surface area contributed by atoms with E-state index in [2.05, 4.69) is 15.1 Å². The van der Waals surface area contributed by atoms with E-state index in [1.165, 1.54) is 14.0 Å². The van der Waals surface area contributed by atoms with E-state index in [0.29, 0.717) is 11.1 Å². The molecule has 0 aliphatic heterocycles. The first kappa shape index (κ1) is 14.5. The third-order valence-electron chi connectivity index (χ3n) is 2.24. The second kappa shape index (κ2) is 7.00. The number of ether oxygens (including phenoxy) is 1. The number of hydrogen-bond donors (Lipinski definition) is 2. The second-order valence-electron chi connectivity index (χ2n) is 3.49. The van der Waals surface area contributed by atoms with Crippen molar-refractivity contribution in [1.29, 1.82) is 0 Å². The van der Waals surface area contributed by atoms with E-state index >= 15 is 0 Å². The van der Waals surface area contributed by atoms with Crippen LogP contribution in [0.5, 0.6) is 0 Å². The van der Waals surface area contributed by atoms with Crippen LogP contribution in [0.3, 0.4) is 0 Å². The molecule has 0 bridgehead atoms. The Morgan fingerprint density at radius 3 is 2.63 bits per heavy atom. The van der Waals surface area contributed by atoms with Gasteiger partial charge in [0, 0.05) is 12.5 Å². The molecule has 7 nitrogen and oxygen atoms in total. The van der Waals surface area contributed by atoms with Crippen molar-refractivity contribution in [2.45, 2.75) is 13.5 Å². The summed E-state index contributed by atoms with van der Waals surface area (Å²) in [6.07, 6.45) is 0. The van der Waals surface area contributed by atoms with Crippen molar-refractivity contribution >= 4 is 17.6 Å². The summed E-state index contributed by atoms with van der Waals surface area (Å²) >= 11 is 0. The predicted molar refractivity (Wildman–Crippen MR) is 67.3 cm³/mol. The second-order valence-corrected chi connectivity index (χ2v) is 3.49. The molecule has 0 saturated carbocycles. The molecule has 0 amide bonds. The Balaban J connectivity index is 3.07. The van der Waals surface area contributed by atoms with E-state index in [4.69, 9.17) is 15.1 Å². The van der Waals surface area contributed by atoms with Crippen LogP contribution < -0.4 is 0 Å². The van der Waals surface area contributed by atoms with Crippen LogP contribution in [-0.4, -0.2) is 35.0 Å². The Morgan fingerprint density at radius 2 is 2.05 bits per heavy atom. The number of carboxylic acids is 1. The van der Waals surface area contributed by atoms with E-state index in [-0.39, 0.29) is 18.2 Å². The van der Waals surface area contributed by atoms with E-state index in [1.807, 2.05) is 0 Å². The Bertz CT molecular complexity index is 511. The van der Waals surface area contributed by atoms with E-state index < -0.39 is 5.97 Å². The molecule has 2 N–H and O–H groups in total. The van der Waals surface area contributed by atoms with Crippen LogP contribution in [0.25, 0.3) is 0 Å².